The van der Waals surface area contributed by atoms with Gasteiger partial charge in [0.05, 0.1) is 0 Å². The SMILES string of the molecule is O=C(O)C(CCc1ccc(-c2ccc(Cl)cc2)cc1)Oc1c(F)cc(F)cc1F. The van der Waals surface area contributed by atoms with Gasteiger partial charge in [-0.25, -0.2) is 18.0 Å². The lowest BCUT2D eigenvalue weighted by atomic mass is 10.0. The Morgan fingerprint density at radius 2 is 1.45 bits per heavy atom. The minimum Gasteiger partial charge on any atom is -0.479 e. The summed E-state index contributed by atoms with van der Waals surface area (Å²) in [6.07, 6.45) is -1.20. The van der Waals surface area contributed by atoms with Crippen LogP contribution in [0.3, 0.4) is 0 Å². The van der Waals surface area contributed by atoms with Crippen molar-refractivity contribution in [1.29, 1.82) is 0 Å². The number of aliphatic carboxylic acids is 1. The van der Waals surface area contributed by atoms with Gasteiger partial charge in [-0.15, -0.1) is 0 Å². The lowest BCUT2D eigenvalue weighted by molar-refractivity contribution is -0.145. The Bertz CT molecular complexity index is 982. The maximum Gasteiger partial charge on any atom is 0.344 e. The molecule has 0 aromatic heterocycles. The summed E-state index contributed by atoms with van der Waals surface area (Å²) in [4.78, 5) is 11.4. The van der Waals surface area contributed by atoms with Crippen molar-refractivity contribution >= 4 is 17.6 Å². The first-order valence-corrected chi connectivity index (χ1v) is 9.10. The molecule has 0 aliphatic heterocycles. The van der Waals surface area contributed by atoms with Crippen molar-refractivity contribution in [2.75, 3.05) is 0 Å². The predicted molar refractivity (Wildman–Crippen MR) is 104 cm³/mol. The molecule has 0 amide bonds. The molecule has 1 atom stereocenters. The molecule has 29 heavy (non-hydrogen) atoms. The number of rotatable bonds is 7. The average Bonchev–Trinajstić information content (AvgIpc) is 2.67. The fourth-order valence-electron chi connectivity index (χ4n) is 2.82. The third-order valence-electron chi connectivity index (χ3n) is 4.33. The van der Waals surface area contributed by atoms with Crippen LogP contribution in [-0.4, -0.2) is 17.2 Å². The number of aryl methyl sites for hydroxylation is 1. The summed E-state index contributed by atoms with van der Waals surface area (Å²) in [5, 5.41) is 9.95. The molecule has 0 radical (unpaired) electrons. The second-order valence-electron chi connectivity index (χ2n) is 6.39. The van der Waals surface area contributed by atoms with E-state index < -0.39 is 35.3 Å². The highest BCUT2D eigenvalue weighted by Crippen LogP contribution is 2.26. The van der Waals surface area contributed by atoms with E-state index in [1.54, 1.807) is 12.1 Å². The van der Waals surface area contributed by atoms with E-state index in [9.17, 15) is 23.1 Å². The number of hydrogen-bond acceptors (Lipinski definition) is 2. The highest BCUT2D eigenvalue weighted by Gasteiger charge is 2.24. The lowest BCUT2D eigenvalue weighted by Gasteiger charge is -2.16. The van der Waals surface area contributed by atoms with Crippen molar-refractivity contribution in [1.82, 2.24) is 0 Å². The number of halogens is 4. The number of carboxylic acids is 1. The average molecular weight is 421 g/mol. The minimum absolute atomic E-state index is 0.0219. The second-order valence-corrected chi connectivity index (χ2v) is 6.82. The van der Waals surface area contributed by atoms with Crippen LogP contribution in [0, 0.1) is 17.5 Å². The van der Waals surface area contributed by atoms with Crippen molar-refractivity contribution in [2.45, 2.75) is 18.9 Å². The quantitative estimate of drug-likeness (QED) is 0.518. The van der Waals surface area contributed by atoms with E-state index in [1.165, 1.54) is 0 Å². The summed E-state index contributed by atoms with van der Waals surface area (Å²) in [6.45, 7) is 0. The van der Waals surface area contributed by atoms with Crippen LogP contribution in [0.15, 0.2) is 60.7 Å². The lowest BCUT2D eigenvalue weighted by Crippen LogP contribution is -2.28. The van der Waals surface area contributed by atoms with Gasteiger partial charge in [-0.3, -0.25) is 0 Å². The molecule has 0 spiro atoms. The van der Waals surface area contributed by atoms with Gasteiger partial charge < -0.3 is 9.84 Å². The summed E-state index contributed by atoms with van der Waals surface area (Å²) >= 11 is 5.88. The van der Waals surface area contributed by atoms with E-state index in [1.807, 2.05) is 36.4 Å². The fraction of sp³-hybridized carbons (Fsp3) is 0.136. The van der Waals surface area contributed by atoms with Gasteiger partial charge in [-0.05, 0) is 41.7 Å². The third-order valence-corrected chi connectivity index (χ3v) is 4.58. The van der Waals surface area contributed by atoms with Gasteiger partial charge in [-0.1, -0.05) is 48.0 Å². The molecule has 1 N–H and O–H groups in total. The Kier molecular flexibility index (Phi) is 6.44. The molecule has 0 bridgehead atoms. The molecular weight excluding hydrogens is 405 g/mol. The van der Waals surface area contributed by atoms with Gasteiger partial charge in [0.25, 0.3) is 0 Å². The van der Waals surface area contributed by atoms with Gasteiger partial charge in [-0.2, -0.15) is 0 Å². The molecule has 7 heteroatoms. The number of ether oxygens (including phenoxy) is 1. The van der Waals surface area contributed by atoms with Crippen LogP contribution in [-0.2, 0) is 11.2 Å². The Hall–Kier alpha value is -2.99. The minimum atomic E-state index is -1.49. The van der Waals surface area contributed by atoms with Crippen LogP contribution in [0.2, 0.25) is 5.02 Å². The maximum absolute atomic E-state index is 13.7. The molecule has 0 saturated carbocycles. The highest BCUT2D eigenvalue weighted by atomic mass is 35.5. The number of hydrogen-bond donors (Lipinski definition) is 1. The largest absolute Gasteiger partial charge is 0.479 e. The van der Waals surface area contributed by atoms with Gasteiger partial charge in [0.15, 0.2) is 23.5 Å². The molecule has 1 unspecified atom stereocenters. The molecule has 0 heterocycles. The van der Waals surface area contributed by atoms with E-state index in [4.69, 9.17) is 16.3 Å². The van der Waals surface area contributed by atoms with E-state index >= 15 is 0 Å². The molecule has 150 valence electrons. The van der Waals surface area contributed by atoms with E-state index in [-0.39, 0.29) is 6.42 Å². The topological polar surface area (TPSA) is 46.5 Å². The number of carboxylic acid groups (broad SMARTS) is 1. The smallest absolute Gasteiger partial charge is 0.344 e. The van der Waals surface area contributed by atoms with Crippen LogP contribution in [0.4, 0.5) is 13.2 Å². The normalized spacial score (nSPS) is 11.9. The van der Waals surface area contributed by atoms with Crippen LogP contribution in [0.25, 0.3) is 11.1 Å². The monoisotopic (exact) mass is 420 g/mol. The van der Waals surface area contributed by atoms with E-state index in [0.717, 1.165) is 16.7 Å². The van der Waals surface area contributed by atoms with Crippen LogP contribution in [0.1, 0.15) is 12.0 Å². The summed E-state index contributed by atoms with van der Waals surface area (Å²) in [5.41, 5.74) is 2.78. The highest BCUT2D eigenvalue weighted by molar-refractivity contribution is 6.30. The zero-order valence-electron chi connectivity index (χ0n) is 15.0. The zero-order chi connectivity index (χ0) is 21.0. The van der Waals surface area contributed by atoms with Gasteiger partial charge in [0.2, 0.25) is 0 Å². The fourth-order valence-corrected chi connectivity index (χ4v) is 2.95. The molecule has 0 fully saturated rings. The van der Waals surface area contributed by atoms with Gasteiger partial charge in [0.1, 0.15) is 5.82 Å². The Labute approximate surface area is 170 Å². The molecular formula is C22H16ClF3O3. The van der Waals surface area contributed by atoms with Crippen molar-refractivity contribution in [3.63, 3.8) is 0 Å². The molecule has 3 aromatic rings. The summed E-state index contributed by atoms with van der Waals surface area (Å²) in [7, 11) is 0. The number of carbonyl (C=O) groups is 1. The van der Waals surface area contributed by atoms with Crippen molar-refractivity contribution in [3.8, 4) is 16.9 Å². The first-order valence-electron chi connectivity index (χ1n) is 8.72. The number of benzene rings is 3. The first-order chi connectivity index (χ1) is 13.8. The first kappa shape index (κ1) is 20.7. The van der Waals surface area contributed by atoms with Crippen molar-refractivity contribution < 1.29 is 27.8 Å². The predicted octanol–water partition coefficient (Wildman–Crippen LogP) is 5.89. The summed E-state index contributed by atoms with van der Waals surface area (Å²) in [6, 6.07) is 15.7. The van der Waals surface area contributed by atoms with Crippen molar-refractivity contribution in [2.24, 2.45) is 0 Å². The standard InChI is InChI=1S/C22H16ClF3O3/c23-16-8-6-15(7-9-16)14-4-1-13(2-5-14)3-10-20(22(27)28)29-21-18(25)11-17(24)12-19(21)26/h1-2,4-9,11-12,20H,3,10H2,(H,27,28). The Morgan fingerprint density at radius 3 is 1.97 bits per heavy atom. The molecule has 0 saturated heterocycles. The summed E-state index contributed by atoms with van der Waals surface area (Å²) in [5.74, 6) is -5.97. The summed E-state index contributed by atoms with van der Waals surface area (Å²) < 4.78 is 45.4. The third kappa shape index (κ3) is 5.29. The van der Waals surface area contributed by atoms with E-state index in [0.29, 0.717) is 23.6 Å². The van der Waals surface area contributed by atoms with E-state index in [2.05, 4.69) is 0 Å². The van der Waals surface area contributed by atoms with Crippen LogP contribution < -0.4 is 4.74 Å². The van der Waals surface area contributed by atoms with Crippen molar-refractivity contribution in [3.05, 3.63) is 88.7 Å². The Balaban J connectivity index is 1.68. The van der Waals surface area contributed by atoms with Gasteiger partial charge in [0, 0.05) is 17.2 Å². The van der Waals surface area contributed by atoms with Gasteiger partial charge >= 0.3 is 5.97 Å². The maximum atomic E-state index is 13.7. The zero-order valence-corrected chi connectivity index (χ0v) is 15.8. The molecule has 0 aliphatic carbocycles. The van der Waals surface area contributed by atoms with Crippen LogP contribution in [0.5, 0.6) is 5.75 Å². The molecule has 3 aromatic carbocycles. The molecule has 3 nitrogen and oxygen atoms in total. The molecule has 3 rings (SSSR count). The van der Waals surface area contributed by atoms with Crippen LogP contribution >= 0.6 is 11.6 Å². The second kappa shape index (κ2) is 9.01. The molecule has 0 aliphatic rings. The Morgan fingerprint density at radius 1 is 0.931 bits per heavy atom.